The Morgan fingerprint density at radius 2 is 1.83 bits per heavy atom. The summed E-state index contributed by atoms with van der Waals surface area (Å²) in [4.78, 5) is 14.4. The highest BCUT2D eigenvalue weighted by molar-refractivity contribution is 7.99. The SMILES string of the molecule is N#C/C(=C/NC1CC1)C(=O)Nc1ccccc1Sc1ccccc1. The summed E-state index contributed by atoms with van der Waals surface area (Å²) in [5, 5.41) is 15.1. The van der Waals surface area contributed by atoms with Crippen LogP contribution in [0.1, 0.15) is 12.8 Å². The van der Waals surface area contributed by atoms with Crippen molar-refractivity contribution >= 4 is 23.4 Å². The number of nitrogens with zero attached hydrogens (tertiary/aromatic N) is 1. The Kier molecular flexibility index (Phi) is 5.19. The van der Waals surface area contributed by atoms with E-state index in [9.17, 15) is 10.1 Å². The van der Waals surface area contributed by atoms with Crippen LogP contribution in [0.25, 0.3) is 0 Å². The van der Waals surface area contributed by atoms with Crippen LogP contribution >= 0.6 is 11.8 Å². The van der Waals surface area contributed by atoms with Gasteiger partial charge in [0.25, 0.3) is 5.91 Å². The Morgan fingerprint density at radius 1 is 1.12 bits per heavy atom. The standard InChI is InChI=1S/C19H17N3OS/c20-12-14(13-21-15-10-11-15)19(23)22-17-8-4-5-9-18(17)24-16-6-2-1-3-7-16/h1-9,13,15,21H,10-11H2,(H,22,23)/b14-13-. The van der Waals surface area contributed by atoms with Gasteiger partial charge in [-0.15, -0.1) is 0 Å². The zero-order valence-electron chi connectivity index (χ0n) is 13.0. The van der Waals surface area contributed by atoms with Gasteiger partial charge in [0.2, 0.25) is 0 Å². The van der Waals surface area contributed by atoms with E-state index in [1.165, 1.54) is 6.20 Å². The predicted octanol–water partition coefficient (Wildman–Crippen LogP) is 3.94. The second-order valence-corrected chi connectivity index (χ2v) is 6.59. The van der Waals surface area contributed by atoms with Crippen LogP contribution in [0.3, 0.4) is 0 Å². The average molecular weight is 335 g/mol. The summed E-state index contributed by atoms with van der Waals surface area (Å²) >= 11 is 1.57. The number of nitriles is 1. The second kappa shape index (κ2) is 7.71. The van der Waals surface area contributed by atoms with Gasteiger partial charge >= 0.3 is 0 Å². The molecule has 1 amide bonds. The summed E-state index contributed by atoms with van der Waals surface area (Å²) < 4.78 is 0. The molecule has 0 spiro atoms. The largest absolute Gasteiger partial charge is 0.387 e. The molecule has 5 heteroatoms. The van der Waals surface area contributed by atoms with E-state index in [2.05, 4.69) is 10.6 Å². The summed E-state index contributed by atoms with van der Waals surface area (Å²) in [6, 6.07) is 19.9. The van der Waals surface area contributed by atoms with E-state index in [0.29, 0.717) is 11.7 Å². The number of benzene rings is 2. The molecule has 24 heavy (non-hydrogen) atoms. The van der Waals surface area contributed by atoms with Crippen LogP contribution in [0.15, 0.2) is 76.2 Å². The molecule has 0 atom stereocenters. The van der Waals surface area contributed by atoms with Crippen molar-refractivity contribution in [3.63, 3.8) is 0 Å². The number of carbonyl (C=O) groups is 1. The van der Waals surface area contributed by atoms with Crippen molar-refractivity contribution in [3.8, 4) is 6.07 Å². The monoisotopic (exact) mass is 335 g/mol. The molecule has 1 saturated carbocycles. The van der Waals surface area contributed by atoms with E-state index in [1.54, 1.807) is 11.8 Å². The minimum absolute atomic E-state index is 0.0846. The quantitative estimate of drug-likeness (QED) is 0.620. The molecule has 2 N–H and O–H groups in total. The lowest BCUT2D eigenvalue weighted by atomic mass is 10.2. The normalized spacial score (nSPS) is 13.9. The number of anilines is 1. The van der Waals surface area contributed by atoms with E-state index >= 15 is 0 Å². The van der Waals surface area contributed by atoms with Crippen LogP contribution in [0, 0.1) is 11.3 Å². The van der Waals surface area contributed by atoms with Gasteiger partial charge in [0.05, 0.1) is 5.69 Å². The Balaban J connectivity index is 1.73. The summed E-state index contributed by atoms with van der Waals surface area (Å²) in [6.07, 6.45) is 3.70. The van der Waals surface area contributed by atoms with Crippen LogP contribution in [-0.4, -0.2) is 11.9 Å². The summed E-state index contributed by atoms with van der Waals surface area (Å²) in [5.41, 5.74) is 0.783. The third kappa shape index (κ3) is 4.40. The highest BCUT2D eigenvalue weighted by Crippen LogP contribution is 2.33. The van der Waals surface area contributed by atoms with Gasteiger partial charge in [0.15, 0.2) is 0 Å². The molecule has 2 aromatic rings. The number of para-hydroxylation sites is 1. The van der Waals surface area contributed by atoms with Gasteiger partial charge in [-0.1, -0.05) is 42.1 Å². The van der Waals surface area contributed by atoms with Gasteiger partial charge < -0.3 is 10.6 Å². The number of carbonyl (C=O) groups excluding carboxylic acids is 1. The van der Waals surface area contributed by atoms with Crippen LogP contribution in [0.4, 0.5) is 5.69 Å². The highest BCUT2D eigenvalue weighted by Gasteiger charge is 2.20. The molecule has 0 aliphatic heterocycles. The Bertz CT molecular complexity index is 792. The average Bonchev–Trinajstić information content (AvgIpc) is 3.42. The minimum atomic E-state index is -0.397. The molecule has 0 bridgehead atoms. The van der Waals surface area contributed by atoms with Gasteiger partial charge in [0.1, 0.15) is 11.6 Å². The maximum absolute atomic E-state index is 12.3. The first-order chi connectivity index (χ1) is 11.8. The van der Waals surface area contributed by atoms with Gasteiger partial charge in [0, 0.05) is 22.0 Å². The Labute approximate surface area is 145 Å². The summed E-state index contributed by atoms with van der Waals surface area (Å²) in [6.45, 7) is 0. The first-order valence-electron chi connectivity index (χ1n) is 7.76. The molecule has 3 rings (SSSR count). The third-order valence-electron chi connectivity index (χ3n) is 3.51. The zero-order chi connectivity index (χ0) is 16.8. The van der Waals surface area contributed by atoms with Crippen molar-refractivity contribution in [3.05, 3.63) is 66.4 Å². The molecule has 0 unspecified atom stereocenters. The molecule has 2 aromatic carbocycles. The first kappa shape index (κ1) is 16.2. The zero-order valence-corrected chi connectivity index (χ0v) is 13.8. The van der Waals surface area contributed by atoms with Crippen LogP contribution < -0.4 is 10.6 Å². The summed E-state index contributed by atoms with van der Waals surface area (Å²) in [5.74, 6) is -0.397. The van der Waals surface area contributed by atoms with Crippen molar-refractivity contribution in [2.75, 3.05) is 5.32 Å². The molecule has 0 heterocycles. The number of hydrogen-bond acceptors (Lipinski definition) is 4. The molecule has 0 aromatic heterocycles. The molecular weight excluding hydrogens is 318 g/mol. The lowest BCUT2D eigenvalue weighted by Gasteiger charge is -2.10. The molecule has 1 fully saturated rings. The molecular formula is C19H17N3OS. The van der Waals surface area contributed by atoms with Gasteiger partial charge in [-0.2, -0.15) is 5.26 Å². The molecule has 120 valence electrons. The molecule has 1 aliphatic carbocycles. The lowest BCUT2D eigenvalue weighted by Crippen LogP contribution is -2.17. The number of amides is 1. The topological polar surface area (TPSA) is 64.9 Å². The third-order valence-corrected chi connectivity index (χ3v) is 4.60. The second-order valence-electron chi connectivity index (χ2n) is 5.48. The maximum atomic E-state index is 12.3. The van der Waals surface area contributed by atoms with E-state index in [1.807, 2.05) is 60.7 Å². The van der Waals surface area contributed by atoms with E-state index in [4.69, 9.17) is 0 Å². The van der Waals surface area contributed by atoms with Crippen molar-refractivity contribution in [2.45, 2.75) is 28.7 Å². The fraction of sp³-hybridized carbons (Fsp3) is 0.158. The minimum Gasteiger partial charge on any atom is -0.387 e. The maximum Gasteiger partial charge on any atom is 0.267 e. The van der Waals surface area contributed by atoms with Crippen LogP contribution in [0.2, 0.25) is 0 Å². The Hall–Kier alpha value is -2.71. The fourth-order valence-electron chi connectivity index (χ4n) is 2.06. The van der Waals surface area contributed by atoms with Crippen molar-refractivity contribution < 1.29 is 4.79 Å². The molecule has 4 nitrogen and oxygen atoms in total. The van der Waals surface area contributed by atoms with E-state index in [-0.39, 0.29) is 5.57 Å². The molecule has 0 saturated heterocycles. The first-order valence-corrected chi connectivity index (χ1v) is 8.57. The summed E-state index contributed by atoms with van der Waals surface area (Å²) in [7, 11) is 0. The van der Waals surface area contributed by atoms with Gasteiger partial charge in [-0.05, 0) is 37.1 Å². The number of hydrogen-bond donors (Lipinski definition) is 2. The molecule has 1 aliphatic rings. The van der Waals surface area contributed by atoms with Crippen molar-refractivity contribution in [1.29, 1.82) is 5.26 Å². The van der Waals surface area contributed by atoms with Crippen LogP contribution in [0.5, 0.6) is 0 Å². The van der Waals surface area contributed by atoms with Crippen molar-refractivity contribution in [1.82, 2.24) is 5.32 Å². The lowest BCUT2D eigenvalue weighted by molar-refractivity contribution is -0.112. The van der Waals surface area contributed by atoms with Gasteiger partial charge in [-0.25, -0.2) is 0 Å². The number of nitrogens with one attached hydrogen (secondary N) is 2. The molecule has 0 radical (unpaired) electrons. The Morgan fingerprint density at radius 3 is 2.54 bits per heavy atom. The smallest absolute Gasteiger partial charge is 0.267 e. The number of rotatable bonds is 6. The van der Waals surface area contributed by atoms with Crippen LogP contribution in [-0.2, 0) is 4.79 Å². The highest BCUT2D eigenvalue weighted by atomic mass is 32.2. The predicted molar refractivity (Wildman–Crippen MR) is 95.5 cm³/mol. The van der Waals surface area contributed by atoms with E-state index < -0.39 is 5.91 Å². The fourth-order valence-corrected chi connectivity index (χ4v) is 2.99. The van der Waals surface area contributed by atoms with Gasteiger partial charge in [-0.3, -0.25) is 4.79 Å². The van der Waals surface area contributed by atoms with E-state index in [0.717, 1.165) is 22.6 Å². The van der Waals surface area contributed by atoms with Crippen molar-refractivity contribution in [2.24, 2.45) is 0 Å².